The SMILES string of the molecule is CC1(C)CC(SCc2noc3cc(NC(=O)c4ccco4)c(F)cc23)=NO1. The third kappa shape index (κ3) is 3.68. The number of nitrogens with one attached hydrogen (secondary N) is 1. The molecule has 1 aliphatic heterocycles. The summed E-state index contributed by atoms with van der Waals surface area (Å²) in [6.45, 7) is 3.92. The number of furan rings is 1. The van der Waals surface area contributed by atoms with Gasteiger partial charge in [-0.3, -0.25) is 4.79 Å². The second-order valence-electron chi connectivity index (χ2n) is 6.69. The number of benzene rings is 1. The highest BCUT2D eigenvalue weighted by Gasteiger charge is 2.29. The number of carbonyl (C=O) groups excluding carboxylic acids is 1. The molecule has 0 aliphatic carbocycles. The van der Waals surface area contributed by atoms with E-state index in [2.05, 4.69) is 15.6 Å². The van der Waals surface area contributed by atoms with Gasteiger partial charge in [0.05, 0.1) is 12.0 Å². The molecule has 7 nitrogen and oxygen atoms in total. The predicted molar refractivity (Wildman–Crippen MR) is 99.1 cm³/mol. The molecular formula is C18H16FN3O4S. The average Bonchev–Trinajstić information content (AvgIpc) is 3.34. The zero-order valence-electron chi connectivity index (χ0n) is 14.6. The van der Waals surface area contributed by atoms with Crippen molar-refractivity contribution in [2.24, 2.45) is 5.16 Å². The normalized spacial score (nSPS) is 15.6. The first-order valence-electron chi connectivity index (χ1n) is 8.22. The fraction of sp³-hybridized carbons (Fsp3) is 0.278. The molecular weight excluding hydrogens is 373 g/mol. The number of anilines is 1. The maximum Gasteiger partial charge on any atom is 0.291 e. The fourth-order valence-electron chi connectivity index (χ4n) is 2.63. The summed E-state index contributed by atoms with van der Waals surface area (Å²) in [6, 6.07) is 5.78. The van der Waals surface area contributed by atoms with Crippen LogP contribution in [-0.2, 0) is 10.6 Å². The Labute approximate surface area is 157 Å². The molecule has 3 heterocycles. The van der Waals surface area contributed by atoms with Crippen LogP contribution in [0, 0.1) is 5.82 Å². The summed E-state index contributed by atoms with van der Waals surface area (Å²) in [6.07, 6.45) is 2.08. The fourth-order valence-corrected chi connectivity index (χ4v) is 3.68. The summed E-state index contributed by atoms with van der Waals surface area (Å²) in [5.74, 6) is -0.565. The first-order chi connectivity index (χ1) is 12.9. The van der Waals surface area contributed by atoms with E-state index in [0.717, 1.165) is 5.04 Å². The third-order valence-corrected chi connectivity index (χ3v) is 4.94. The molecule has 2 aromatic heterocycles. The van der Waals surface area contributed by atoms with Crippen LogP contribution >= 0.6 is 11.8 Å². The largest absolute Gasteiger partial charge is 0.459 e. The predicted octanol–water partition coefficient (Wildman–Crippen LogP) is 4.56. The lowest BCUT2D eigenvalue weighted by Gasteiger charge is -2.12. The van der Waals surface area contributed by atoms with Gasteiger partial charge in [0.15, 0.2) is 11.3 Å². The Bertz CT molecular complexity index is 1030. The van der Waals surface area contributed by atoms with E-state index in [9.17, 15) is 9.18 Å². The van der Waals surface area contributed by atoms with Crippen molar-refractivity contribution in [1.29, 1.82) is 0 Å². The quantitative estimate of drug-likeness (QED) is 0.704. The van der Waals surface area contributed by atoms with E-state index in [1.54, 1.807) is 6.07 Å². The molecule has 1 N–H and O–H groups in total. The van der Waals surface area contributed by atoms with Crippen LogP contribution in [0.4, 0.5) is 10.1 Å². The van der Waals surface area contributed by atoms with E-state index < -0.39 is 11.7 Å². The van der Waals surface area contributed by atoms with Crippen molar-refractivity contribution in [3.8, 4) is 0 Å². The summed E-state index contributed by atoms with van der Waals surface area (Å²) >= 11 is 1.48. The van der Waals surface area contributed by atoms with Crippen LogP contribution in [0.15, 0.2) is 44.6 Å². The monoisotopic (exact) mass is 389 g/mol. The summed E-state index contributed by atoms with van der Waals surface area (Å²) in [4.78, 5) is 17.4. The number of hydrogen-bond donors (Lipinski definition) is 1. The molecule has 9 heteroatoms. The number of thioether (sulfide) groups is 1. The molecule has 0 spiro atoms. The van der Waals surface area contributed by atoms with Gasteiger partial charge in [-0.2, -0.15) is 0 Å². The Balaban J connectivity index is 1.50. The number of rotatable bonds is 4. The summed E-state index contributed by atoms with van der Waals surface area (Å²) < 4.78 is 24.8. The maximum absolute atomic E-state index is 14.5. The highest BCUT2D eigenvalue weighted by Crippen LogP contribution is 2.32. The van der Waals surface area contributed by atoms with Gasteiger partial charge in [0.2, 0.25) is 0 Å². The molecule has 1 aromatic carbocycles. The van der Waals surface area contributed by atoms with Crippen LogP contribution in [0.3, 0.4) is 0 Å². The van der Waals surface area contributed by atoms with Gasteiger partial charge in [0.25, 0.3) is 5.91 Å². The number of hydrogen-bond acceptors (Lipinski definition) is 7. The maximum atomic E-state index is 14.5. The number of halogens is 1. The van der Waals surface area contributed by atoms with Gasteiger partial charge in [0, 0.05) is 23.6 Å². The Morgan fingerprint density at radius 2 is 2.26 bits per heavy atom. The van der Waals surface area contributed by atoms with Crippen molar-refractivity contribution in [2.75, 3.05) is 5.32 Å². The molecule has 4 rings (SSSR count). The highest BCUT2D eigenvalue weighted by atomic mass is 32.2. The highest BCUT2D eigenvalue weighted by molar-refractivity contribution is 8.13. The van der Waals surface area contributed by atoms with E-state index in [-0.39, 0.29) is 17.0 Å². The molecule has 0 bridgehead atoms. The second-order valence-corrected chi connectivity index (χ2v) is 7.74. The minimum absolute atomic E-state index is 0.00503. The van der Waals surface area contributed by atoms with Gasteiger partial charge in [0.1, 0.15) is 22.2 Å². The van der Waals surface area contributed by atoms with Crippen molar-refractivity contribution < 1.29 is 23.0 Å². The minimum atomic E-state index is -0.584. The van der Waals surface area contributed by atoms with E-state index in [4.69, 9.17) is 13.8 Å². The van der Waals surface area contributed by atoms with E-state index >= 15 is 0 Å². The Hall–Kier alpha value is -2.81. The van der Waals surface area contributed by atoms with Crippen molar-refractivity contribution in [1.82, 2.24) is 5.16 Å². The number of aromatic nitrogens is 1. The van der Waals surface area contributed by atoms with Crippen LogP contribution in [-0.4, -0.2) is 21.7 Å². The minimum Gasteiger partial charge on any atom is -0.459 e. The number of amides is 1. The zero-order chi connectivity index (χ0) is 19.0. The summed E-state index contributed by atoms with van der Waals surface area (Å²) in [5, 5.41) is 11.9. The summed E-state index contributed by atoms with van der Waals surface area (Å²) in [5.41, 5.74) is 0.674. The molecule has 3 aromatic rings. The van der Waals surface area contributed by atoms with Crippen LogP contribution in [0.25, 0.3) is 11.0 Å². The Morgan fingerprint density at radius 1 is 1.41 bits per heavy atom. The van der Waals surface area contributed by atoms with Gasteiger partial charge in [-0.15, -0.1) is 11.8 Å². The number of nitrogens with zero attached hydrogens (tertiary/aromatic N) is 2. The van der Waals surface area contributed by atoms with E-state index in [0.29, 0.717) is 28.8 Å². The second kappa shape index (κ2) is 6.73. The standard InChI is InChI=1S/C18H16FN3O4S/c1-18(2)8-16(22-26-18)27-9-13-10-6-11(19)12(7-15(10)25-21-13)20-17(23)14-4-3-5-24-14/h3-7H,8-9H2,1-2H3,(H,20,23). The molecule has 0 atom stereocenters. The molecule has 0 saturated carbocycles. The summed E-state index contributed by atoms with van der Waals surface area (Å²) in [7, 11) is 0. The lowest BCUT2D eigenvalue weighted by molar-refractivity contribution is 0.0123. The molecule has 0 unspecified atom stereocenters. The molecule has 1 aliphatic rings. The third-order valence-electron chi connectivity index (χ3n) is 3.97. The lowest BCUT2D eigenvalue weighted by Crippen LogP contribution is -2.18. The number of fused-ring (bicyclic) bond motifs is 1. The molecule has 0 radical (unpaired) electrons. The Kier molecular flexibility index (Phi) is 4.39. The van der Waals surface area contributed by atoms with Gasteiger partial charge in [-0.25, -0.2) is 4.39 Å². The molecule has 0 saturated heterocycles. The van der Waals surface area contributed by atoms with Gasteiger partial charge < -0.3 is 19.1 Å². The van der Waals surface area contributed by atoms with Gasteiger partial charge >= 0.3 is 0 Å². The van der Waals surface area contributed by atoms with E-state index in [1.807, 2.05) is 13.8 Å². The first kappa shape index (κ1) is 17.6. The molecule has 27 heavy (non-hydrogen) atoms. The van der Waals surface area contributed by atoms with Crippen molar-refractivity contribution in [3.63, 3.8) is 0 Å². The topological polar surface area (TPSA) is 89.9 Å². The van der Waals surface area contributed by atoms with Crippen LogP contribution < -0.4 is 5.32 Å². The molecule has 0 fully saturated rings. The average molecular weight is 389 g/mol. The Morgan fingerprint density at radius 3 is 2.96 bits per heavy atom. The van der Waals surface area contributed by atoms with Crippen molar-refractivity contribution >= 4 is 39.4 Å². The molecule has 1 amide bonds. The number of oxime groups is 1. The van der Waals surface area contributed by atoms with Crippen LogP contribution in [0.2, 0.25) is 0 Å². The smallest absolute Gasteiger partial charge is 0.291 e. The van der Waals surface area contributed by atoms with Crippen LogP contribution in [0.5, 0.6) is 0 Å². The molecule has 140 valence electrons. The van der Waals surface area contributed by atoms with Crippen molar-refractivity contribution in [3.05, 3.63) is 47.8 Å². The van der Waals surface area contributed by atoms with Gasteiger partial charge in [-0.1, -0.05) is 10.3 Å². The van der Waals surface area contributed by atoms with E-state index in [1.165, 1.54) is 36.2 Å². The lowest BCUT2D eigenvalue weighted by atomic mass is 10.1. The van der Waals surface area contributed by atoms with Gasteiger partial charge in [-0.05, 0) is 32.0 Å². The van der Waals surface area contributed by atoms with Crippen LogP contribution in [0.1, 0.15) is 36.5 Å². The zero-order valence-corrected chi connectivity index (χ0v) is 15.4. The number of carbonyl (C=O) groups is 1. The first-order valence-corrected chi connectivity index (χ1v) is 9.20. The van der Waals surface area contributed by atoms with Crippen molar-refractivity contribution in [2.45, 2.75) is 31.6 Å².